The molecule has 0 aliphatic carbocycles. The first kappa shape index (κ1) is 20.2. The van der Waals surface area contributed by atoms with E-state index >= 15 is 0 Å². The fourth-order valence-corrected chi connectivity index (χ4v) is 2.74. The topological polar surface area (TPSA) is 114 Å². The number of amides is 1. The summed E-state index contributed by atoms with van der Waals surface area (Å²) in [5, 5.41) is 12.1. The quantitative estimate of drug-likeness (QED) is 0.612. The number of nitrogens with zero attached hydrogens (tertiary/aromatic N) is 1. The molecule has 27 heavy (non-hydrogen) atoms. The summed E-state index contributed by atoms with van der Waals surface area (Å²) in [5.74, 6) is -1.19. The number of esters is 2. The van der Waals surface area contributed by atoms with E-state index in [2.05, 4.69) is 5.32 Å². The van der Waals surface area contributed by atoms with Crippen LogP contribution >= 0.6 is 0 Å². The number of β-amino-alcohol motifs (C(OH)–C–C–N with tert-alkyl or cyclic N) is 1. The molecule has 0 radical (unpaired) electrons. The number of aliphatic hydroxyl groups is 1. The van der Waals surface area contributed by atoms with Crippen molar-refractivity contribution in [3.63, 3.8) is 0 Å². The molecule has 1 aromatic rings. The van der Waals surface area contributed by atoms with E-state index in [0.29, 0.717) is 17.0 Å². The van der Waals surface area contributed by atoms with Crippen LogP contribution in [0.2, 0.25) is 0 Å². The van der Waals surface area contributed by atoms with Crippen molar-refractivity contribution in [3.8, 4) is 5.75 Å². The molecule has 146 valence electrons. The first-order chi connectivity index (χ1) is 13.0. The van der Waals surface area contributed by atoms with Crippen molar-refractivity contribution >= 4 is 23.5 Å². The van der Waals surface area contributed by atoms with E-state index in [-0.39, 0.29) is 37.4 Å². The van der Waals surface area contributed by atoms with Gasteiger partial charge in [-0.3, -0.25) is 9.59 Å². The number of nitrogens with one attached hydrogen (secondary N) is 1. The molecular weight excluding hydrogens is 356 g/mol. The zero-order valence-corrected chi connectivity index (χ0v) is 15.4. The van der Waals surface area contributed by atoms with E-state index in [1.54, 1.807) is 18.2 Å². The predicted molar refractivity (Wildman–Crippen MR) is 95.0 cm³/mol. The smallest absolute Gasteiger partial charge is 0.337 e. The van der Waals surface area contributed by atoms with Crippen LogP contribution in [0.1, 0.15) is 5.56 Å². The van der Waals surface area contributed by atoms with Crippen LogP contribution in [0.3, 0.4) is 0 Å². The van der Waals surface area contributed by atoms with Gasteiger partial charge in [-0.1, -0.05) is 12.1 Å². The van der Waals surface area contributed by atoms with Crippen LogP contribution in [0.25, 0.3) is 0 Å². The molecule has 0 spiro atoms. The number of anilines is 1. The molecule has 0 saturated carbocycles. The number of aliphatic hydroxyl groups excluding tert-OH is 1. The van der Waals surface area contributed by atoms with Gasteiger partial charge in [0.05, 0.1) is 52.2 Å². The third-order valence-corrected chi connectivity index (χ3v) is 4.10. The first-order valence-electron chi connectivity index (χ1n) is 8.18. The third-order valence-electron chi connectivity index (χ3n) is 4.10. The zero-order chi connectivity index (χ0) is 20.0. The van der Waals surface area contributed by atoms with Gasteiger partial charge in [0, 0.05) is 6.54 Å². The Morgan fingerprint density at radius 2 is 1.96 bits per heavy atom. The van der Waals surface area contributed by atoms with Crippen LogP contribution in [-0.2, 0) is 30.3 Å². The van der Waals surface area contributed by atoms with Crippen molar-refractivity contribution in [1.82, 2.24) is 4.90 Å². The Morgan fingerprint density at radius 1 is 1.22 bits per heavy atom. The molecule has 1 heterocycles. The highest BCUT2D eigenvalue weighted by molar-refractivity contribution is 6.09. The van der Waals surface area contributed by atoms with Gasteiger partial charge in [-0.2, -0.15) is 0 Å². The number of carbonyl (C=O) groups excluding carboxylic acids is 3. The first-order valence-corrected chi connectivity index (χ1v) is 8.18. The zero-order valence-electron chi connectivity index (χ0n) is 15.4. The van der Waals surface area contributed by atoms with Crippen molar-refractivity contribution in [2.45, 2.75) is 6.42 Å². The molecule has 2 N–H and O–H groups in total. The average Bonchev–Trinajstić information content (AvgIpc) is 2.98. The Kier molecular flexibility index (Phi) is 6.78. The van der Waals surface area contributed by atoms with Gasteiger partial charge in [0.2, 0.25) is 0 Å². The number of carbonyl (C=O) groups is 3. The van der Waals surface area contributed by atoms with E-state index in [4.69, 9.17) is 19.3 Å². The fraction of sp³-hybridized carbons (Fsp3) is 0.389. The van der Waals surface area contributed by atoms with Crippen molar-refractivity contribution in [2.24, 2.45) is 0 Å². The lowest BCUT2D eigenvalue weighted by atomic mass is 10.1. The predicted octanol–water partition coefficient (Wildman–Crippen LogP) is 0.0842. The summed E-state index contributed by atoms with van der Waals surface area (Å²) >= 11 is 0. The normalized spacial score (nSPS) is 13.6. The minimum absolute atomic E-state index is 0.00981. The number of benzene rings is 1. The maximum absolute atomic E-state index is 12.7. The summed E-state index contributed by atoms with van der Waals surface area (Å²) < 4.78 is 14.8. The second kappa shape index (κ2) is 9.04. The largest absolute Gasteiger partial charge is 0.495 e. The van der Waals surface area contributed by atoms with E-state index < -0.39 is 17.8 Å². The molecule has 2 rings (SSSR count). The molecular formula is C18H22N2O7. The molecule has 1 aromatic carbocycles. The number of methoxy groups -OCH3 is 3. The summed E-state index contributed by atoms with van der Waals surface area (Å²) in [7, 11) is 3.95. The van der Waals surface area contributed by atoms with Gasteiger partial charge in [0.15, 0.2) is 0 Å². The lowest BCUT2D eigenvalue weighted by molar-refractivity contribution is -0.140. The van der Waals surface area contributed by atoms with E-state index in [1.165, 1.54) is 26.2 Å². The minimum Gasteiger partial charge on any atom is -0.495 e. The summed E-state index contributed by atoms with van der Waals surface area (Å²) in [5.41, 5.74) is 1.06. The molecule has 0 unspecified atom stereocenters. The standard InChI is InChI=1S/C18H22N2O7/c1-25-13-6-4-5-11(9-14(22)26-2)15(13)19-16-12(18(24)27-3)10-20(7-8-21)17(16)23/h4-6,19,21H,7-10H2,1-3H3. The van der Waals surface area contributed by atoms with Crippen LogP contribution in [0.5, 0.6) is 5.75 Å². The molecule has 1 aliphatic heterocycles. The number of para-hydroxylation sites is 1. The summed E-state index contributed by atoms with van der Waals surface area (Å²) in [6.07, 6.45) is -0.0502. The molecule has 0 atom stereocenters. The second-order valence-electron chi connectivity index (χ2n) is 5.67. The van der Waals surface area contributed by atoms with E-state index in [0.717, 1.165) is 0 Å². The van der Waals surface area contributed by atoms with Gasteiger partial charge in [0.1, 0.15) is 11.4 Å². The highest BCUT2D eigenvalue weighted by atomic mass is 16.5. The van der Waals surface area contributed by atoms with Crippen LogP contribution < -0.4 is 10.1 Å². The Morgan fingerprint density at radius 3 is 2.56 bits per heavy atom. The second-order valence-corrected chi connectivity index (χ2v) is 5.67. The number of rotatable bonds is 8. The summed E-state index contributed by atoms with van der Waals surface area (Å²) in [4.78, 5) is 37.8. The minimum atomic E-state index is -0.657. The Balaban J connectivity index is 2.47. The van der Waals surface area contributed by atoms with Crippen molar-refractivity contribution in [2.75, 3.05) is 46.3 Å². The summed E-state index contributed by atoms with van der Waals surface area (Å²) in [6.45, 7) is -0.156. The van der Waals surface area contributed by atoms with Crippen LogP contribution in [0.15, 0.2) is 29.5 Å². The Hall–Kier alpha value is -3.07. The van der Waals surface area contributed by atoms with Gasteiger partial charge in [-0.05, 0) is 11.6 Å². The van der Waals surface area contributed by atoms with Gasteiger partial charge >= 0.3 is 11.9 Å². The molecule has 0 bridgehead atoms. The lowest BCUT2D eigenvalue weighted by Crippen LogP contribution is -2.31. The number of ether oxygens (including phenoxy) is 3. The van der Waals surface area contributed by atoms with Crippen LogP contribution in [0, 0.1) is 0 Å². The van der Waals surface area contributed by atoms with Gasteiger partial charge in [0.25, 0.3) is 5.91 Å². The third kappa shape index (κ3) is 4.37. The molecule has 1 amide bonds. The Labute approximate surface area is 156 Å². The van der Waals surface area contributed by atoms with Gasteiger partial charge in [-0.25, -0.2) is 4.79 Å². The molecule has 0 aromatic heterocycles. The maximum Gasteiger partial charge on any atom is 0.337 e. The van der Waals surface area contributed by atoms with E-state index in [9.17, 15) is 14.4 Å². The average molecular weight is 378 g/mol. The van der Waals surface area contributed by atoms with Crippen molar-refractivity contribution in [3.05, 3.63) is 35.0 Å². The molecule has 0 saturated heterocycles. The van der Waals surface area contributed by atoms with Gasteiger partial charge in [-0.15, -0.1) is 0 Å². The highest BCUT2D eigenvalue weighted by Crippen LogP contribution is 2.32. The monoisotopic (exact) mass is 378 g/mol. The van der Waals surface area contributed by atoms with Crippen LogP contribution in [0.4, 0.5) is 5.69 Å². The summed E-state index contributed by atoms with van der Waals surface area (Å²) in [6, 6.07) is 5.05. The number of hydrogen-bond donors (Lipinski definition) is 2. The lowest BCUT2D eigenvalue weighted by Gasteiger charge is -2.17. The fourth-order valence-electron chi connectivity index (χ4n) is 2.74. The van der Waals surface area contributed by atoms with Crippen molar-refractivity contribution in [1.29, 1.82) is 0 Å². The highest BCUT2D eigenvalue weighted by Gasteiger charge is 2.35. The molecule has 0 fully saturated rings. The Bertz CT molecular complexity index is 773. The molecule has 1 aliphatic rings. The SMILES string of the molecule is COC(=O)Cc1cccc(OC)c1NC1=C(C(=O)OC)CN(CCO)C1=O. The number of hydrogen-bond acceptors (Lipinski definition) is 8. The molecule has 9 nitrogen and oxygen atoms in total. The van der Waals surface area contributed by atoms with E-state index in [1.807, 2.05) is 0 Å². The maximum atomic E-state index is 12.7. The van der Waals surface area contributed by atoms with Gasteiger partial charge < -0.3 is 29.5 Å². The molecule has 9 heteroatoms. The van der Waals surface area contributed by atoms with Crippen LogP contribution in [-0.4, -0.2) is 68.9 Å². The van der Waals surface area contributed by atoms with Crippen molar-refractivity contribution < 1.29 is 33.7 Å².